The molecule has 3 rings (SSSR count). The number of nitrogens with zero attached hydrogens (tertiary/aromatic N) is 3. The van der Waals surface area contributed by atoms with Crippen molar-refractivity contribution in [3.05, 3.63) is 28.4 Å². The molecule has 1 saturated heterocycles. The molecule has 1 aliphatic rings. The van der Waals surface area contributed by atoms with Gasteiger partial charge in [-0.2, -0.15) is 5.26 Å². The van der Waals surface area contributed by atoms with Crippen molar-refractivity contribution in [3.8, 4) is 6.07 Å². The molecular weight excluding hydrogens is 384 g/mol. The van der Waals surface area contributed by atoms with Crippen LogP contribution >= 0.6 is 0 Å². The molecule has 0 radical (unpaired) electrons. The van der Waals surface area contributed by atoms with Crippen LogP contribution in [0.3, 0.4) is 0 Å². The van der Waals surface area contributed by atoms with Crippen molar-refractivity contribution in [1.82, 2.24) is 25.2 Å². The minimum absolute atomic E-state index is 0.0718. The predicted molar refractivity (Wildman–Crippen MR) is 111 cm³/mol. The van der Waals surface area contributed by atoms with Gasteiger partial charge in [0, 0.05) is 18.7 Å². The van der Waals surface area contributed by atoms with Crippen LogP contribution in [0.1, 0.15) is 51.4 Å². The summed E-state index contributed by atoms with van der Waals surface area (Å²) >= 11 is 0. The maximum atomic E-state index is 13.3. The molecule has 160 valence electrons. The summed E-state index contributed by atoms with van der Waals surface area (Å²) in [6.07, 6.45) is 3.85. The number of hydrogen-bond donors (Lipinski definition) is 3. The fraction of sp³-hybridized carbons (Fsp3) is 0.571. The first-order chi connectivity index (χ1) is 14.3. The zero-order chi connectivity index (χ0) is 21.8. The van der Waals surface area contributed by atoms with Gasteiger partial charge in [0.1, 0.15) is 23.4 Å². The molecule has 2 amide bonds. The number of carbonyl (C=O) groups is 2. The third-order valence-electron chi connectivity index (χ3n) is 5.49. The van der Waals surface area contributed by atoms with E-state index in [0.29, 0.717) is 36.2 Å². The number of rotatable bonds is 7. The van der Waals surface area contributed by atoms with Crippen LogP contribution < -0.4 is 16.2 Å². The monoisotopic (exact) mass is 412 g/mol. The Kier molecular flexibility index (Phi) is 6.55. The number of nitrogens with one attached hydrogen (secondary N) is 3. The molecule has 0 saturated carbocycles. The number of aryl methyl sites for hydroxylation is 1. The Morgan fingerprint density at radius 3 is 2.87 bits per heavy atom. The second-order valence-corrected chi connectivity index (χ2v) is 8.27. The highest BCUT2D eigenvalue weighted by atomic mass is 16.2. The zero-order valence-electron chi connectivity index (χ0n) is 17.6. The fourth-order valence-electron chi connectivity index (χ4n) is 4.09. The minimum atomic E-state index is -0.783. The van der Waals surface area contributed by atoms with Gasteiger partial charge in [-0.1, -0.05) is 13.8 Å². The number of fused-ring (bicyclic) bond motifs is 1. The van der Waals surface area contributed by atoms with E-state index in [2.05, 4.69) is 26.7 Å². The SMILES string of the molecule is Cc1nc2cc[nH]c(=O)c2n1[C@@H](CC(C)C)C(=O)N[C@H](C#N)C[C@@H]1CCCNC1=O. The number of pyridine rings is 1. The van der Waals surface area contributed by atoms with E-state index in [1.807, 2.05) is 13.8 Å². The summed E-state index contributed by atoms with van der Waals surface area (Å²) in [5, 5.41) is 15.2. The lowest BCUT2D eigenvalue weighted by Crippen LogP contribution is -2.44. The average molecular weight is 412 g/mol. The zero-order valence-corrected chi connectivity index (χ0v) is 17.6. The number of amides is 2. The Hall–Kier alpha value is -3.15. The van der Waals surface area contributed by atoms with E-state index in [1.54, 1.807) is 17.6 Å². The van der Waals surface area contributed by atoms with Crippen molar-refractivity contribution in [2.75, 3.05) is 6.54 Å². The summed E-state index contributed by atoms with van der Waals surface area (Å²) in [7, 11) is 0. The van der Waals surface area contributed by atoms with Gasteiger partial charge >= 0.3 is 0 Å². The third kappa shape index (κ3) is 4.53. The van der Waals surface area contributed by atoms with Crippen LogP contribution in [0, 0.1) is 30.1 Å². The number of piperidine rings is 1. The topological polar surface area (TPSA) is 133 Å². The van der Waals surface area contributed by atoms with Crippen LogP contribution in [0.2, 0.25) is 0 Å². The number of H-pyrrole nitrogens is 1. The maximum absolute atomic E-state index is 13.3. The van der Waals surface area contributed by atoms with Crippen molar-refractivity contribution < 1.29 is 9.59 Å². The maximum Gasteiger partial charge on any atom is 0.274 e. The summed E-state index contributed by atoms with van der Waals surface area (Å²) in [4.78, 5) is 44.8. The van der Waals surface area contributed by atoms with Crippen LogP contribution in [-0.2, 0) is 9.59 Å². The predicted octanol–water partition coefficient (Wildman–Crippen LogP) is 1.54. The van der Waals surface area contributed by atoms with Gasteiger partial charge in [0.25, 0.3) is 5.56 Å². The molecule has 9 nitrogen and oxygen atoms in total. The molecule has 1 fully saturated rings. The van der Waals surface area contributed by atoms with Gasteiger partial charge in [-0.05, 0) is 44.6 Å². The largest absolute Gasteiger partial charge is 0.356 e. The third-order valence-corrected chi connectivity index (χ3v) is 5.49. The molecule has 3 heterocycles. The van der Waals surface area contributed by atoms with Crippen molar-refractivity contribution in [2.24, 2.45) is 11.8 Å². The normalized spacial score (nSPS) is 18.6. The fourth-order valence-corrected chi connectivity index (χ4v) is 4.09. The van der Waals surface area contributed by atoms with Crippen LogP contribution in [0.25, 0.3) is 11.0 Å². The quantitative estimate of drug-likeness (QED) is 0.634. The highest BCUT2D eigenvalue weighted by molar-refractivity contribution is 5.84. The summed E-state index contributed by atoms with van der Waals surface area (Å²) in [6, 6.07) is 2.34. The Bertz CT molecular complexity index is 1030. The summed E-state index contributed by atoms with van der Waals surface area (Å²) in [6.45, 7) is 6.39. The van der Waals surface area contributed by atoms with E-state index in [0.717, 1.165) is 6.42 Å². The molecule has 0 aromatic carbocycles. The van der Waals surface area contributed by atoms with Crippen LogP contribution in [-0.4, -0.2) is 38.9 Å². The number of imidazole rings is 1. The minimum Gasteiger partial charge on any atom is -0.356 e. The Morgan fingerprint density at radius 2 is 2.20 bits per heavy atom. The van der Waals surface area contributed by atoms with Gasteiger partial charge in [0.2, 0.25) is 11.8 Å². The van der Waals surface area contributed by atoms with Gasteiger partial charge in [0.05, 0.1) is 11.6 Å². The molecule has 2 aromatic rings. The standard InChI is InChI=1S/C21H28N6O3/c1-12(2)9-17(27-13(3)25-16-6-8-24-21(30)18(16)27)20(29)26-15(11-22)10-14-5-4-7-23-19(14)28/h6,8,12,14-15,17H,4-5,7,9-10H2,1-3H3,(H,23,28)(H,24,30)(H,26,29)/t14-,15-,17-/m0/s1. The second-order valence-electron chi connectivity index (χ2n) is 8.27. The first-order valence-electron chi connectivity index (χ1n) is 10.4. The number of aromatic amines is 1. The number of carbonyl (C=O) groups excluding carboxylic acids is 2. The molecular formula is C21H28N6O3. The van der Waals surface area contributed by atoms with E-state index >= 15 is 0 Å². The Balaban J connectivity index is 1.88. The van der Waals surface area contributed by atoms with Crippen LogP contribution in [0.15, 0.2) is 17.1 Å². The number of aromatic nitrogens is 3. The lowest BCUT2D eigenvalue weighted by Gasteiger charge is -2.26. The molecule has 1 aliphatic heterocycles. The molecule has 0 bridgehead atoms. The molecule has 3 N–H and O–H groups in total. The summed E-state index contributed by atoms with van der Waals surface area (Å²) in [5.41, 5.74) is 0.551. The molecule has 0 spiro atoms. The van der Waals surface area contributed by atoms with E-state index in [9.17, 15) is 19.6 Å². The smallest absolute Gasteiger partial charge is 0.274 e. The van der Waals surface area contributed by atoms with Gasteiger partial charge in [-0.15, -0.1) is 0 Å². The van der Waals surface area contributed by atoms with E-state index in [4.69, 9.17) is 0 Å². The summed E-state index contributed by atoms with van der Waals surface area (Å²) in [5.74, 6) is 0.0215. The van der Waals surface area contributed by atoms with Crippen molar-refractivity contribution in [2.45, 2.75) is 58.5 Å². The van der Waals surface area contributed by atoms with Gasteiger partial charge in [0.15, 0.2) is 0 Å². The lowest BCUT2D eigenvalue weighted by molar-refractivity contribution is -0.128. The lowest BCUT2D eigenvalue weighted by atomic mass is 9.91. The molecule has 0 aliphatic carbocycles. The molecule has 0 unspecified atom stereocenters. The van der Waals surface area contributed by atoms with Gasteiger partial charge in [-0.3, -0.25) is 14.4 Å². The number of hydrogen-bond acceptors (Lipinski definition) is 5. The van der Waals surface area contributed by atoms with Crippen molar-refractivity contribution in [1.29, 1.82) is 5.26 Å². The van der Waals surface area contributed by atoms with E-state index in [-0.39, 0.29) is 35.6 Å². The molecule has 9 heteroatoms. The Morgan fingerprint density at radius 1 is 1.43 bits per heavy atom. The van der Waals surface area contributed by atoms with E-state index in [1.165, 1.54) is 6.20 Å². The first-order valence-corrected chi connectivity index (χ1v) is 10.4. The number of nitriles is 1. The van der Waals surface area contributed by atoms with Crippen LogP contribution in [0.5, 0.6) is 0 Å². The highest BCUT2D eigenvalue weighted by Gasteiger charge is 2.30. The molecule has 30 heavy (non-hydrogen) atoms. The van der Waals surface area contributed by atoms with Crippen molar-refractivity contribution >= 4 is 22.8 Å². The van der Waals surface area contributed by atoms with Crippen molar-refractivity contribution in [3.63, 3.8) is 0 Å². The molecule has 3 atom stereocenters. The first kappa shape index (κ1) is 21.6. The average Bonchev–Trinajstić information content (AvgIpc) is 3.04. The van der Waals surface area contributed by atoms with Crippen LogP contribution in [0.4, 0.5) is 0 Å². The Labute approximate surface area is 174 Å². The second kappa shape index (κ2) is 9.11. The van der Waals surface area contributed by atoms with E-state index < -0.39 is 12.1 Å². The molecule has 2 aromatic heterocycles. The summed E-state index contributed by atoms with van der Waals surface area (Å²) < 4.78 is 1.66. The van der Waals surface area contributed by atoms with Gasteiger partial charge in [-0.25, -0.2) is 4.98 Å². The highest BCUT2D eigenvalue weighted by Crippen LogP contribution is 2.25. The van der Waals surface area contributed by atoms with Gasteiger partial charge < -0.3 is 20.2 Å².